The fraction of sp³-hybridized carbons (Fsp3) is 0.364. The maximum atomic E-state index is 11.9. The summed E-state index contributed by atoms with van der Waals surface area (Å²) in [7, 11) is 0. The number of amides is 1. The van der Waals surface area contributed by atoms with E-state index in [1.807, 2.05) is 6.26 Å². The zero-order valence-electron chi connectivity index (χ0n) is 9.72. The first-order valence-corrected chi connectivity index (χ1v) is 7.38. The highest BCUT2D eigenvalue weighted by Gasteiger charge is 2.21. The van der Waals surface area contributed by atoms with Crippen LogP contribution in [0.25, 0.3) is 0 Å². The highest BCUT2D eigenvalue weighted by molar-refractivity contribution is 9.10. The second kappa shape index (κ2) is 7.38. The lowest BCUT2D eigenvalue weighted by molar-refractivity contribution is -0.139. The number of hydrogen-bond acceptors (Lipinski definition) is 4. The summed E-state index contributed by atoms with van der Waals surface area (Å²) < 4.78 is 0.400. The molecular formula is C11H13BrN2O3S. The molecule has 1 rings (SSSR count). The molecule has 1 atom stereocenters. The van der Waals surface area contributed by atoms with E-state index in [9.17, 15) is 9.59 Å². The zero-order chi connectivity index (χ0) is 13.5. The van der Waals surface area contributed by atoms with Crippen molar-refractivity contribution in [2.75, 3.05) is 12.0 Å². The summed E-state index contributed by atoms with van der Waals surface area (Å²) in [6, 6.07) is 2.33. The number of halogens is 1. The van der Waals surface area contributed by atoms with Crippen LogP contribution in [0.4, 0.5) is 0 Å². The van der Waals surface area contributed by atoms with E-state index in [0.717, 1.165) is 0 Å². The van der Waals surface area contributed by atoms with E-state index >= 15 is 0 Å². The Morgan fingerprint density at radius 3 is 2.89 bits per heavy atom. The maximum Gasteiger partial charge on any atom is 0.326 e. The lowest BCUT2D eigenvalue weighted by atomic mass is 10.2. The first-order valence-electron chi connectivity index (χ1n) is 5.19. The van der Waals surface area contributed by atoms with Crippen molar-refractivity contribution in [1.29, 1.82) is 0 Å². The van der Waals surface area contributed by atoms with Crippen LogP contribution in [-0.2, 0) is 4.79 Å². The number of thioether (sulfide) groups is 1. The van der Waals surface area contributed by atoms with Crippen molar-refractivity contribution >= 4 is 39.6 Å². The van der Waals surface area contributed by atoms with Crippen molar-refractivity contribution in [3.05, 3.63) is 28.5 Å². The van der Waals surface area contributed by atoms with Gasteiger partial charge in [-0.1, -0.05) is 0 Å². The van der Waals surface area contributed by atoms with Gasteiger partial charge >= 0.3 is 5.97 Å². The molecule has 7 heteroatoms. The predicted molar refractivity (Wildman–Crippen MR) is 73.8 cm³/mol. The number of aliphatic carboxylic acids is 1. The smallest absolute Gasteiger partial charge is 0.326 e. The van der Waals surface area contributed by atoms with Gasteiger partial charge < -0.3 is 10.4 Å². The summed E-state index contributed by atoms with van der Waals surface area (Å²) in [6.07, 6.45) is 3.82. The number of pyridine rings is 1. The lowest BCUT2D eigenvalue weighted by Gasteiger charge is -2.14. The molecule has 1 aromatic heterocycles. The first-order chi connectivity index (χ1) is 8.56. The quantitative estimate of drug-likeness (QED) is 0.776. The Bertz CT molecular complexity index is 442. The van der Waals surface area contributed by atoms with Crippen LogP contribution in [0.2, 0.25) is 0 Å². The van der Waals surface area contributed by atoms with Crippen LogP contribution in [0.5, 0.6) is 0 Å². The average Bonchev–Trinajstić information content (AvgIpc) is 2.34. The molecule has 2 N–H and O–H groups in total. The molecule has 1 amide bonds. The van der Waals surface area contributed by atoms with Crippen molar-refractivity contribution < 1.29 is 14.7 Å². The molecule has 0 aliphatic carbocycles. The van der Waals surface area contributed by atoms with Gasteiger partial charge in [0.1, 0.15) is 10.6 Å². The topological polar surface area (TPSA) is 79.3 Å². The van der Waals surface area contributed by atoms with E-state index in [1.165, 1.54) is 11.8 Å². The second-order valence-corrected chi connectivity index (χ2v) is 5.22. The second-order valence-electron chi connectivity index (χ2n) is 3.49. The number of carboxylic acid groups (broad SMARTS) is 1. The summed E-state index contributed by atoms with van der Waals surface area (Å²) >= 11 is 4.69. The summed E-state index contributed by atoms with van der Waals surface area (Å²) in [5.41, 5.74) is 0.327. The third-order valence-corrected chi connectivity index (χ3v) is 3.49. The number of carbonyl (C=O) groups excluding carboxylic acids is 1. The van der Waals surface area contributed by atoms with Crippen molar-refractivity contribution in [2.24, 2.45) is 0 Å². The predicted octanol–water partition coefficient (Wildman–Crippen LogP) is 1.78. The molecular weight excluding hydrogens is 320 g/mol. The fourth-order valence-electron chi connectivity index (χ4n) is 1.28. The molecule has 1 aromatic rings. The Morgan fingerprint density at radius 2 is 2.33 bits per heavy atom. The standard InChI is InChI=1S/C11H13BrN2O3S/c1-18-6-4-8(11(16)17)14-10(15)7-3-2-5-13-9(7)12/h2-3,5,8H,4,6H2,1H3,(H,14,15)(H,16,17). The highest BCUT2D eigenvalue weighted by Crippen LogP contribution is 2.13. The molecule has 1 unspecified atom stereocenters. The normalized spacial score (nSPS) is 11.9. The zero-order valence-corrected chi connectivity index (χ0v) is 12.1. The third-order valence-electron chi connectivity index (χ3n) is 2.22. The average molecular weight is 333 g/mol. The van der Waals surface area contributed by atoms with E-state index in [1.54, 1.807) is 18.3 Å². The fourth-order valence-corrected chi connectivity index (χ4v) is 2.19. The first kappa shape index (κ1) is 15.0. The van der Waals surface area contributed by atoms with E-state index < -0.39 is 17.9 Å². The number of carbonyl (C=O) groups is 2. The van der Waals surface area contributed by atoms with Crippen LogP contribution < -0.4 is 5.32 Å². The van der Waals surface area contributed by atoms with Gasteiger partial charge in [-0.3, -0.25) is 4.79 Å². The molecule has 98 valence electrons. The molecule has 5 nitrogen and oxygen atoms in total. The summed E-state index contributed by atoms with van der Waals surface area (Å²) in [5.74, 6) is -0.799. The van der Waals surface area contributed by atoms with Gasteiger partial charge in [-0.2, -0.15) is 11.8 Å². The molecule has 1 heterocycles. The molecule has 0 fully saturated rings. The van der Waals surface area contributed by atoms with Gasteiger partial charge in [0.25, 0.3) is 5.91 Å². The van der Waals surface area contributed by atoms with Crippen molar-refractivity contribution in [2.45, 2.75) is 12.5 Å². The maximum absolute atomic E-state index is 11.9. The Labute approximate surface area is 117 Å². The third kappa shape index (κ3) is 4.30. The number of nitrogens with one attached hydrogen (secondary N) is 1. The van der Waals surface area contributed by atoms with Gasteiger partial charge in [-0.25, -0.2) is 9.78 Å². The van der Waals surface area contributed by atoms with E-state index in [-0.39, 0.29) is 0 Å². The summed E-state index contributed by atoms with van der Waals surface area (Å²) in [5, 5.41) is 11.5. The van der Waals surface area contributed by atoms with Crippen LogP contribution in [0.3, 0.4) is 0 Å². The number of hydrogen-bond donors (Lipinski definition) is 2. The Morgan fingerprint density at radius 1 is 1.61 bits per heavy atom. The van der Waals surface area contributed by atoms with Crippen LogP contribution in [0.1, 0.15) is 16.8 Å². The van der Waals surface area contributed by atoms with Gasteiger partial charge in [0.15, 0.2) is 0 Å². The van der Waals surface area contributed by atoms with Gasteiger partial charge in [0, 0.05) is 6.20 Å². The van der Waals surface area contributed by atoms with Crippen LogP contribution in [0.15, 0.2) is 22.9 Å². The Hall–Kier alpha value is -1.08. The molecule has 0 spiro atoms. The van der Waals surface area contributed by atoms with Crippen LogP contribution >= 0.6 is 27.7 Å². The Balaban J connectivity index is 2.72. The summed E-state index contributed by atoms with van der Waals surface area (Å²) in [4.78, 5) is 26.8. The molecule has 0 radical (unpaired) electrons. The minimum absolute atomic E-state index is 0.327. The van der Waals surface area contributed by atoms with Gasteiger partial charge in [0.05, 0.1) is 5.56 Å². The molecule has 0 bridgehead atoms. The van der Waals surface area contributed by atoms with Crippen molar-refractivity contribution in [1.82, 2.24) is 10.3 Å². The summed E-state index contributed by atoms with van der Waals surface area (Å²) in [6.45, 7) is 0. The van der Waals surface area contributed by atoms with Crippen LogP contribution in [-0.4, -0.2) is 40.0 Å². The minimum atomic E-state index is -1.03. The number of rotatable bonds is 6. The highest BCUT2D eigenvalue weighted by atomic mass is 79.9. The van der Waals surface area contributed by atoms with Crippen molar-refractivity contribution in [3.8, 4) is 0 Å². The molecule has 0 aliphatic rings. The molecule has 0 saturated carbocycles. The number of nitrogens with zero attached hydrogens (tertiary/aromatic N) is 1. The number of carboxylic acids is 1. The van der Waals surface area contributed by atoms with Gasteiger partial charge in [-0.15, -0.1) is 0 Å². The lowest BCUT2D eigenvalue weighted by Crippen LogP contribution is -2.41. The molecule has 0 aromatic carbocycles. The van der Waals surface area contributed by atoms with Crippen LogP contribution in [0, 0.1) is 0 Å². The van der Waals surface area contributed by atoms with Gasteiger partial charge in [0.2, 0.25) is 0 Å². The largest absolute Gasteiger partial charge is 0.480 e. The monoisotopic (exact) mass is 332 g/mol. The molecule has 18 heavy (non-hydrogen) atoms. The van der Waals surface area contributed by atoms with E-state index in [0.29, 0.717) is 22.3 Å². The van der Waals surface area contributed by atoms with Gasteiger partial charge in [-0.05, 0) is 46.5 Å². The molecule has 0 saturated heterocycles. The minimum Gasteiger partial charge on any atom is -0.480 e. The number of aromatic nitrogens is 1. The Kier molecular flexibility index (Phi) is 6.14. The SMILES string of the molecule is CSCCC(NC(=O)c1cccnc1Br)C(=O)O. The van der Waals surface area contributed by atoms with Crippen molar-refractivity contribution in [3.63, 3.8) is 0 Å². The molecule has 0 aliphatic heterocycles. The van der Waals surface area contributed by atoms with E-state index in [2.05, 4.69) is 26.2 Å². The van der Waals surface area contributed by atoms with E-state index in [4.69, 9.17) is 5.11 Å².